The molecule has 0 saturated carbocycles. The lowest BCUT2D eigenvalue weighted by atomic mass is 10.2. The first-order chi connectivity index (χ1) is 9.31. The van der Waals surface area contributed by atoms with E-state index in [1.165, 1.54) is 4.90 Å². The highest BCUT2D eigenvalue weighted by Gasteiger charge is 2.14. The largest absolute Gasteiger partial charge is 0.370 e. The zero-order valence-electron chi connectivity index (χ0n) is 11.3. The number of quaternary nitrogens is 1. The summed E-state index contributed by atoms with van der Waals surface area (Å²) in [6.07, 6.45) is 1.99. The fourth-order valence-electron chi connectivity index (χ4n) is 2.19. The minimum Gasteiger partial charge on any atom is -0.370 e. The molecule has 0 bridgehead atoms. The van der Waals surface area contributed by atoms with Gasteiger partial charge in [0, 0.05) is 4.90 Å². The van der Waals surface area contributed by atoms with Crippen LogP contribution in [0.4, 0.5) is 0 Å². The molecule has 1 aliphatic rings. The molecule has 0 atom stereocenters. The summed E-state index contributed by atoms with van der Waals surface area (Å²) in [6, 6.07) is 7.72. The minimum absolute atomic E-state index is 0.0256. The van der Waals surface area contributed by atoms with Gasteiger partial charge in [0.15, 0.2) is 0 Å². The van der Waals surface area contributed by atoms with Gasteiger partial charge in [-0.1, -0.05) is 12.1 Å². The fourth-order valence-corrected chi connectivity index (χ4v) is 2.79. The molecule has 5 heteroatoms. The number of carbonyl (C=O) groups excluding carboxylic acids is 1. The molecule has 1 aromatic carbocycles. The quantitative estimate of drug-likeness (QED) is 0.750. The maximum Gasteiger partial charge on any atom is 0.252 e. The topological polar surface area (TPSA) is 42.8 Å². The van der Waals surface area contributed by atoms with Gasteiger partial charge in [-0.25, -0.2) is 0 Å². The predicted molar refractivity (Wildman–Crippen MR) is 76.9 cm³/mol. The van der Waals surface area contributed by atoms with E-state index < -0.39 is 0 Å². The summed E-state index contributed by atoms with van der Waals surface area (Å²) < 4.78 is 5.32. The first kappa shape index (κ1) is 14.4. The monoisotopic (exact) mass is 281 g/mol. The van der Waals surface area contributed by atoms with Crippen molar-refractivity contribution in [2.75, 3.05) is 45.6 Å². The Morgan fingerprint density at radius 2 is 2.11 bits per heavy atom. The Morgan fingerprint density at radius 1 is 1.37 bits per heavy atom. The van der Waals surface area contributed by atoms with Crippen molar-refractivity contribution in [3.63, 3.8) is 0 Å². The summed E-state index contributed by atoms with van der Waals surface area (Å²) >= 11 is 1.60. The minimum atomic E-state index is 0.0256. The van der Waals surface area contributed by atoms with Crippen molar-refractivity contribution < 1.29 is 14.4 Å². The van der Waals surface area contributed by atoms with Crippen LogP contribution in [0, 0.1) is 0 Å². The Labute approximate surface area is 118 Å². The highest BCUT2D eigenvalue weighted by atomic mass is 32.2. The van der Waals surface area contributed by atoms with Crippen LogP contribution in [0.5, 0.6) is 0 Å². The molecule has 19 heavy (non-hydrogen) atoms. The molecule has 104 valence electrons. The van der Waals surface area contributed by atoms with Crippen LogP contribution in [0.25, 0.3) is 0 Å². The molecule has 1 saturated heterocycles. The van der Waals surface area contributed by atoms with E-state index in [1.54, 1.807) is 11.8 Å². The summed E-state index contributed by atoms with van der Waals surface area (Å²) in [5, 5.41) is 3.01. The van der Waals surface area contributed by atoms with Gasteiger partial charge in [0.05, 0.1) is 31.9 Å². The first-order valence-electron chi connectivity index (χ1n) is 6.64. The van der Waals surface area contributed by atoms with Crippen LogP contribution in [-0.2, 0) is 4.74 Å². The van der Waals surface area contributed by atoms with E-state index in [2.05, 4.69) is 5.32 Å². The summed E-state index contributed by atoms with van der Waals surface area (Å²) in [4.78, 5) is 14.6. The van der Waals surface area contributed by atoms with Crippen LogP contribution in [0.2, 0.25) is 0 Å². The van der Waals surface area contributed by atoms with Gasteiger partial charge in [0.25, 0.3) is 5.91 Å². The maximum atomic E-state index is 12.1. The zero-order chi connectivity index (χ0) is 13.5. The molecule has 2 rings (SSSR count). The van der Waals surface area contributed by atoms with Gasteiger partial charge in [-0.05, 0) is 18.4 Å². The van der Waals surface area contributed by atoms with E-state index in [0.29, 0.717) is 0 Å². The number of morpholine rings is 1. The van der Waals surface area contributed by atoms with Gasteiger partial charge in [0.1, 0.15) is 13.1 Å². The SMILES string of the molecule is CSc1ccccc1C(=O)NCC[NH+]1CCOCC1. The Morgan fingerprint density at radius 3 is 2.84 bits per heavy atom. The van der Waals surface area contributed by atoms with Crippen molar-refractivity contribution >= 4 is 17.7 Å². The molecule has 0 unspecified atom stereocenters. The number of carbonyl (C=O) groups is 1. The number of hydrogen-bond acceptors (Lipinski definition) is 3. The Kier molecular flexibility index (Phi) is 5.69. The first-order valence-corrected chi connectivity index (χ1v) is 7.86. The molecule has 0 spiro atoms. The van der Waals surface area contributed by atoms with E-state index in [-0.39, 0.29) is 5.91 Å². The Bertz CT molecular complexity index is 420. The van der Waals surface area contributed by atoms with Crippen LogP contribution in [0.1, 0.15) is 10.4 Å². The van der Waals surface area contributed by atoms with E-state index in [9.17, 15) is 4.79 Å². The lowest BCUT2D eigenvalue weighted by Crippen LogP contribution is -3.14. The van der Waals surface area contributed by atoms with Crippen molar-refractivity contribution in [3.05, 3.63) is 29.8 Å². The van der Waals surface area contributed by atoms with Crippen molar-refractivity contribution in [1.29, 1.82) is 0 Å². The summed E-state index contributed by atoms with van der Waals surface area (Å²) in [5.41, 5.74) is 0.770. The Hall–Kier alpha value is -1.04. The molecular formula is C14H21N2O2S+. The smallest absolute Gasteiger partial charge is 0.252 e. The zero-order valence-corrected chi connectivity index (χ0v) is 12.1. The standard InChI is InChI=1S/C14H20N2O2S/c1-19-13-5-3-2-4-12(13)14(17)15-6-7-16-8-10-18-11-9-16/h2-5H,6-11H2,1H3,(H,15,17)/p+1. The van der Waals surface area contributed by atoms with Crippen molar-refractivity contribution in [3.8, 4) is 0 Å². The second-order valence-corrected chi connectivity index (χ2v) is 5.42. The van der Waals surface area contributed by atoms with Gasteiger partial charge in [0.2, 0.25) is 0 Å². The van der Waals surface area contributed by atoms with Crippen molar-refractivity contribution in [2.24, 2.45) is 0 Å². The third-order valence-electron chi connectivity index (χ3n) is 3.32. The molecule has 4 nitrogen and oxygen atoms in total. The third kappa shape index (κ3) is 4.23. The molecule has 1 aromatic rings. The molecule has 1 amide bonds. The molecule has 1 fully saturated rings. The fraction of sp³-hybridized carbons (Fsp3) is 0.500. The van der Waals surface area contributed by atoms with Gasteiger partial charge in [-0.2, -0.15) is 0 Å². The van der Waals surface area contributed by atoms with Gasteiger partial charge in [-0.3, -0.25) is 4.79 Å². The third-order valence-corrected chi connectivity index (χ3v) is 4.11. The number of nitrogens with one attached hydrogen (secondary N) is 2. The number of ether oxygens (including phenoxy) is 1. The molecule has 1 heterocycles. The van der Waals surface area contributed by atoms with E-state index >= 15 is 0 Å². The van der Waals surface area contributed by atoms with Crippen LogP contribution in [0.3, 0.4) is 0 Å². The predicted octanol–water partition coefficient (Wildman–Crippen LogP) is 0.0534. The number of rotatable bonds is 5. The number of benzene rings is 1. The van der Waals surface area contributed by atoms with Crippen LogP contribution >= 0.6 is 11.8 Å². The van der Waals surface area contributed by atoms with Crippen molar-refractivity contribution in [2.45, 2.75) is 4.90 Å². The molecule has 2 N–H and O–H groups in total. The second-order valence-electron chi connectivity index (χ2n) is 4.57. The normalized spacial score (nSPS) is 16.3. The summed E-state index contributed by atoms with van der Waals surface area (Å²) in [6.45, 7) is 5.43. The Balaban J connectivity index is 1.80. The number of amides is 1. The maximum absolute atomic E-state index is 12.1. The van der Waals surface area contributed by atoms with E-state index in [1.807, 2.05) is 30.5 Å². The molecule has 0 aliphatic carbocycles. The molecule has 0 radical (unpaired) electrons. The average molecular weight is 281 g/mol. The highest BCUT2D eigenvalue weighted by molar-refractivity contribution is 7.98. The summed E-state index contributed by atoms with van der Waals surface area (Å²) in [5.74, 6) is 0.0256. The second kappa shape index (κ2) is 7.53. The summed E-state index contributed by atoms with van der Waals surface area (Å²) in [7, 11) is 0. The van der Waals surface area contributed by atoms with Gasteiger partial charge < -0.3 is 15.0 Å². The van der Waals surface area contributed by atoms with E-state index in [0.717, 1.165) is 49.9 Å². The molecular weight excluding hydrogens is 260 g/mol. The highest BCUT2D eigenvalue weighted by Crippen LogP contribution is 2.19. The van der Waals surface area contributed by atoms with Crippen molar-refractivity contribution in [1.82, 2.24) is 5.32 Å². The van der Waals surface area contributed by atoms with Gasteiger partial charge in [-0.15, -0.1) is 11.8 Å². The lowest BCUT2D eigenvalue weighted by molar-refractivity contribution is -0.906. The van der Waals surface area contributed by atoms with E-state index in [4.69, 9.17) is 4.74 Å². The average Bonchev–Trinajstić information content (AvgIpc) is 2.48. The van der Waals surface area contributed by atoms with Gasteiger partial charge >= 0.3 is 0 Å². The van der Waals surface area contributed by atoms with Crippen LogP contribution in [0.15, 0.2) is 29.2 Å². The lowest BCUT2D eigenvalue weighted by Gasteiger charge is -2.23. The van der Waals surface area contributed by atoms with Crippen LogP contribution in [-0.4, -0.2) is 51.6 Å². The van der Waals surface area contributed by atoms with Crippen LogP contribution < -0.4 is 10.2 Å². The number of hydrogen-bond donors (Lipinski definition) is 2. The molecule has 0 aromatic heterocycles. The number of thioether (sulfide) groups is 1. The molecule has 1 aliphatic heterocycles.